The van der Waals surface area contributed by atoms with Crippen molar-refractivity contribution in [1.29, 1.82) is 0 Å². The second-order valence-electron chi connectivity index (χ2n) is 5.98. The molecule has 2 rings (SSSR count). The Hall–Kier alpha value is -0.900. The van der Waals surface area contributed by atoms with E-state index in [1.807, 2.05) is 0 Å². The van der Waals surface area contributed by atoms with Crippen LogP contribution in [-0.4, -0.2) is 55.6 Å². The summed E-state index contributed by atoms with van der Waals surface area (Å²) >= 11 is 0. The molecule has 1 aromatic rings. The van der Waals surface area contributed by atoms with Crippen molar-refractivity contribution in [3.8, 4) is 0 Å². The molecule has 1 N–H and O–H groups in total. The normalized spacial score (nSPS) is 24.5. The van der Waals surface area contributed by atoms with Crippen molar-refractivity contribution in [3.63, 3.8) is 0 Å². The van der Waals surface area contributed by atoms with E-state index in [2.05, 4.69) is 73.4 Å². The van der Waals surface area contributed by atoms with Gasteiger partial charge in [-0.25, -0.2) is 0 Å². The van der Waals surface area contributed by atoms with Gasteiger partial charge in [-0.2, -0.15) is 0 Å². The van der Waals surface area contributed by atoms with Crippen molar-refractivity contribution in [2.24, 2.45) is 0 Å². The molecule has 1 aromatic carbocycles. The standard InChI is InChI=1S/C17H29N3/c1-5-16(20-12-11-19(4)14(2)13-20)17(18-3)15-9-7-6-8-10-15/h6-10,14,16-18H,5,11-13H2,1-4H3. The lowest BCUT2D eigenvalue weighted by Crippen LogP contribution is -2.55. The van der Waals surface area contributed by atoms with Gasteiger partial charge in [-0.15, -0.1) is 0 Å². The number of piperazine rings is 1. The molecule has 3 nitrogen and oxygen atoms in total. The molecule has 3 unspecified atom stereocenters. The lowest BCUT2D eigenvalue weighted by molar-refractivity contribution is 0.0559. The Kier molecular flexibility index (Phi) is 5.58. The Balaban J connectivity index is 2.13. The van der Waals surface area contributed by atoms with Gasteiger partial charge >= 0.3 is 0 Å². The Morgan fingerprint density at radius 2 is 1.95 bits per heavy atom. The molecular weight excluding hydrogens is 246 g/mol. The quantitative estimate of drug-likeness (QED) is 0.890. The lowest BCUT2D eigenvalue weighted by Gasteiger charge is -2.44. The maximum atomic E-state index is 3.54. The molecule has 0 aliphatic carbocycles. The van der Waals surface area contributed by atoms with Gasteiger partial charge in [0.1, 0.15) is 0 Å². The molecule has 0 radical (unpaired) electrons. The van der Waals surface area contributed by atoms with Crippen molar-refractivity contribution < 1.29 is 0 Å². The molecule has 1 saturated heterocycles. The molecule has 0 saturated carbocycles. The van der Waals surface area contributed by atoms with Gasteiger partial charge in [0.05, 0.1) is 0 Å². The highest BCUT2D eigenvalue weighted by Gasteiger charge is 2.30. The van der Waals surface area contributed by atoms with E-state index in [1.165, 1.54) is 31.6 Å². The average molecular weight is 275 g/mol. The smallest absolute Gasteiger partial charge is 0.0475 e. The molecule has 1 aliphatic rings. The third kappa shape index (κ3) is 3.40. The largest absolute Gasteiger partial charge is 0.312 e. The van der Waals surface area contributed by atoms with Gasteiger partial charge in [-0.05, 0) is 33.0 Å². The van der Waals surface area contributed by atoms with Crippen molar-refractivity contribution >= 4 is 0 Å². The first-order valence-electron chi connectivity index (χ1n) is 7.83. The zero-order valence-corrected chi connectivity index (χ0v) is 13.3. The highest BCUT2D eigenvalue weighted by atomic mass is 15.3. The van der Waals surface area contributed by atoms with Crippen LogP contribution in [0.1, 0.15) is 31.9 Å². The van der Waals surface area contributed by atoms with Gasteiger partial charge in [-0.3, -0.25) is 4.90 Å². The fourth-order valence-electron chi connectivity index (χ4n) is 3.32. The molecule has 20 heavy (non-hydrogen) atoms. The molecule has 112 valence electrons. The van der Waals surface area contributed by atoms with E-state index in [-0.39, 0.29) is 0 Å². The molecule has 3 heteroatoms. The Bertz CT molecular complexity index is 392. The van der Waals surface area contributed by atoms with Crippen LogP contribution in [0.5, 0.6) is 0 Å². The number of hydrogen-bond acceptors (Lipinski definition) is 3. The van der Waals surface area contributed by atoms with Gasteiger partial charge in [-0.1, -0.05) is 37.3 Å². The monoisotopic (exact) mass is 275 g/mol. The molecule has 1 heterocycles. The predicted octanol–water partition coefficient (Wildman–Crippen LogP) is 2.36. The predicted molar refractivity (Wildman–Crippen MR) is 86.0 cm³/mol. The zero-order valence-electron chi connectivity index (χ0n) is 13.3. The Labute approximate surface area is 124 Å². The summed E-state index contributed by atoms with van der Waals surface area (Å²) in [6.07, 6.45) is 1.18. The topological polar surface area (TPSA) is 18.5 Å². The molecule has 0 spiro atoms. The first-order chi connectivity index (χ1) is 9.67. The Morgan fingerprint density at radius 3 is 2.50 bits per heavy atom. The van der Waals surface area contributed by atoms with Gasteiger partial charge in [0, 0.05) is 37.8 Å². The molecule has 0 bridgehead atoms. The highest BCUT2D eigenvalue weighted by molar-refractivity contribution is 5.20. The minimum atomic E-state index is 0.414. The minimum absolute atomic E-state index is 0.414. The van der Waals surface area contributed by atoms with Crippen molar-refractivity contribution in [2.75, 3.05) is 33.7 Å². The molecule has 0 aromatic heterocycles. The van der Waals surface area contributed by atoms with E-state index in [0.717, 1.165) is 0 Å². The fourth-order valence-corrected chi connectivity index (χ4v) is 3.32. The van der Waals surface area contributed by atoms with E-state index < -0.39 is 0 Å². The van der Waals surface area contributed by atoms with Crippen LogP contribution in [-0.2, 0) is 0 Å². The summed E-state index contributed by atoms with van der Waals surface area (Å²) in [4.78, 5) is 5.12. The molecular formula is C17H29N3. The van der Waals surface area contributed by atoms with Crippen LogP contribution in [0.15, 0.2) is 30.3 Å². The van der Waals surface area contributed by atoms with Crippen molar-refractivity contribution in [3.05, 3.63) is 35.9 Å². The Morgan fingerprint density at radius 1 is 1.25 bits per heavy atom. The summed E-state index contributed by atoms with van der Waals surface area (Å²) in [6, 6.07) is 12.5. The lowest BCUT2D eigenvalue weighted by atomic mass is 9.95. The second kappa shape index (κ2) is 7.21. The molecule has 1 aliphatic heterocycles. The number of nitrogens with one attached hydrogen (secondary N) is 1. The van der Waals surface area contributed by atoms with Gasteiger partial charge < -0.3 is 10.2 Å². The van der Waals surface area contributed by atoms with E-state index in [1.54, 1.807) is 0 Å². The van der Waals surface area contributed by atoms with Gasteiger partial charge in [0.15, 0.2) is 0 Å². The first-order valence-corrected chi connectivity index (χ1v) is 7.83. The summed E-state index contributed by atoms with van der Waals surface area (Å²) < 4.78 is 0. The number of hydrogen-bond donors (Lipinski definition) is 1. The molecule has 1 fully saturated rings. The van der Waals surface area contributed by atoms with Gasteiger partial charge in [0.2, 0.25) is 0 Å². The molecule has 3 atom stereocenters. The molecule has 0 amide bonds. The van der Waals surface area contributed by atoms with E-state index >= 15 is 0 Å². The number of nitrogens with zero attached hydrogens (tertiary/aromatic N) is 2. The van der Waals surface area contributed by atoms with Crippen molar-refractivity contribution in [1.82, 2.24) is 15.1 Å². The SMILES string of the molecule is CCC(C(NC)c1ccccc1)N1CCN(C)C(C)C1. The summed E-state index contributed by atoms with van der Waals surface area (Å²) in [5.74, 6) is 0. The van der Waals surface area contributed by atoms with Crippen LogP contribution >= 0.6 is 0 Å². The van der Waals surface area contributed by atoms with Crippen molar-refractivity contribution in [2.45, 2.75) is 38.4 Å². The number of benzene rings is 1. The maximum Gasteiger partial charge on any atom is 0.0475 e. The number of rotatable bonds is 5. The third-order valence-electron chi connectivity index (χ3n) is 4.73. The fraction of sp³-hybridized carbons (Fsp3) is 0.647. The van der Waals surface area contributed by atoms with Crippen LogP contribution in [0.4, 0.5) is 0 Å². The number of likely N-dealkylation sites (N-methyl/N-ethyl adjacent to an activating group) is 2. The van der Waals surface area contributed by atoms with Crippen LogP contribution < -0.4 is 5.32 Å². The summed E-state index contributed by atoms with van der Waals surface area (Å²) in [5.41, 5.74) is 1.40. The van der Waals surface area contributed by atoms with Crippen LogP contribution in [0.3, 0.4) is 0 Å². The average Bonchev–Trinajstić information content (AvgIpc) is 2.48. The van der Waals surface area contributed by atoms with E-state index in [0.29, 0.717) is 18.1 Å². The van der Waals surface area contributed by atoms with Gasteiger partial charge in [0.25, 0.3) is 0 Å². The zero-order chi connectivity index (χ0) is 14.5. The van der Waals surface area contributed by atoms with Crippen LogP contribution in [0.25, 0.3) is 0 Å². The van der Waals surface area contributed by atoms with Crippen LogP contribution in [0, 0.1) is 0 Å². The minimum Gasteiger partial charge on any atom is -0.312 e. The first kappa shape index (κ1) is 15.5. The van der Waals surface area contributed by atoms with E-state index in [9.17, 15) is 0 Å². The highest BCUT2D eigenvalue weighted by Crippen LogP contribution is 2.25. The summed E-state index contributed by atoms with van der Waals surface area (Å²) in [7, 11) is 4.32. The third-order valence-corrected chi connectivity index (χ3v) is 4.73. The van der Waals surface area contributed by atoms with Crippen LogP contribution in [0.2, 0.25) is 0 Å². The van der Waals surface area contributed by atoms with E-state index in [4.69, 9.17) is 0 Å². The second-order valence-corrected chi connectivity index (χ2v) is 5.98. The summed E-state index contributed by atoms with van der Waals surface area (Å²) in [6.45, 7) is 8.14. The summed E-state index contributed by atoms with van der Waals surface area (Å²) in [5, 5.41) is 3.54. The maximum absolute atomic E-state index is 3.54.